The van der Waals surface area contributed by atoms with Crippen LogP contribution < -0.4 is 15.0 Å². The highest BCUT2D eigenvalue weighted by Gasteiger charge is 2.12. The van der Waals surface area contributed by atoms with Crippen LogP contribution in [0, 0.1) is 11.3 Å². The molecule has 98 valence electrons. The van der Waals surface area contributed by atoms with E-state index in [1.807, 2.05) is 18.7 Å². The summed E-state index contributed by atoms with van der Waals surface area (Å²) >= 11 is 0. The molecule has 0 spiro atoms. The summed E-state index contributed by atoms with van der Waals surface area (Å²) in [6.45, 7) is 5.67. The Kier molecular flexibility index (Phi) is 5.64. The molecule has 1 aromatic rings. The minimum atomic E-state index is 0.294. The van der Waals surface area contributed by atoms with Crippen molar-refractivity contribution in [1.82, 2.24) is 15.0 Å². The molecular formula is C11H18N6O. The fourth-order valence-corrected chi connectivity index (χ4v) is 1.38. The van der Waals surface area contributed by atoms with Crippen LogP contribution >= 0.6 is 0 Å². The average molecular weight is 250 g/mol. The van der Waals surface area contributed by atoms with Crippen LogP contribution in [0.2, 0.25) is 0 Å². The lowest BCUT2D eigenvalue weighted by molar-refractivity contribution is 0.312. The van der Waals surface area contributed by atoms with E-state index in [1.54, 1.807) is 7.05 Å². The Morgan fingerprint density at radius 2 is 2.11 bits per heavy atom. The molecule has 7 nitrogen and oxygen atoms in total. The van der Waals surface area contributed by atoms with E-state index in [-0.39, 0.29) is 0 Å². The average Bonchev–Trinajstić information content (AvgIpc) is 2.39. The lowest BCUT2D eigenvalue weighted by Crippen LogP contribution is -2.26. The van der Waals surface area contributed by atoms with Gasteiger partial charge in [0.05, 0.1) is 19.1 Å². The molecule has 1 rings (SSSR count). The Bertz CT molecular complexity index is 416. The Morgan fingerprint density at radius 1 is 1.33 bits per heavy atom. The molecular weight excluding hydrogens is 232 g/mol. The molecule has 0 amide bonds. The molecule has 0 fully saturated rings. The summed E-state index contributed by atoms with van der Waals surface area (Å²) < 4.78 is 5.29. The third-order valence-electron chi connectivity index (χ3n) is 2.26. The summed E-state index contributed by atoms with van der Waals surface area (Å²) in [7, 11) is 1.74. The summed E-state index contributed by atoms with van der Waals surface area (Å²) in [6.07, 6.45) is 0.429. The number of nitrogens with zero attached hydrogens (tertiary/aromatic N) is 5. The number of rotatable bonds is 7. The van der Waals surface area contributed by atoms with Gasteiger partial charge in [-0.1, -0.05) is 0 Å². The Labute approximate surface area is 107 Å². The van der Waals surface area contributed by atoms with E-state index in [1.165, 1.54) is 0 Å². The number of nitrogens with one attached hydrogen (secondary N) is 1. The minimum Gasteiger partial charge on any atom is -0.464 e. The summed E-state index contributed by atoms with van der Waals surface area (Å²) in [4.78, 5) is 14.5. The van der Waals surface area contributed by atoms with Gasteiger partial charge in [0, 0.05) is 20.1 Å². The molecule has 0 aliphatic heterocycles. The zero-order chi connectivity index (χ0) is 13.4. The number of hydrogen-bond acceptors (Lipinski definition) is 7. The van der Waals surface area contributed by atoms with Crippen molar-refractivity contribution < 1.29 is 4.74 Å². The van der Waals surface area contributed by atoms with Crippen LogP contribution in [-0.2, 0) is 0 Å². The topological polar surface area (TPSA) is 87.0 Å². The van der Waals surface area contributed by atoms with Crippen LogP contribution in [0.25, 0.3) is 0 Å². The van der Waals surface area contributed by atoms with Gasteiger partial charge in [-0.25, -0.2) is 0 Å². The smallest absolute Gasteiger partial charge is 0.323 e. The molecule has 1 N–H and O–H groups in total. The second kappa shape index (κ2) is 7.27. The normalized spacial score (nSPS) is 9.67. The first-order valence-electron chi connectivity index (χ1n) is 5.93. The number of aromatic nitrogens is 3. The van der Waals surface area contributed by atoms with Crippen molar-refractivity contribution in [2.75, 3.05) is 37.0 Å². The van der Waals surface area contributed by atoms with E-state index in [0.29, 0.717) is 37.5 Å². The van der Waals surface area contributed by atoms with Gasteiger partial charge in [0.1, 0.15) is 0 Å². The number of ether oxygens (including phenoxy) is 1. The van der Waals surface area contributed by atoms with Crippen molar-refractivity contribution in [2.45, 2.75) is 20.3 Å². The standard InChI is InChI=1S/C11H18N6O/c1-4-17(8-6-7-12)10-14-9(13-3)15-11(16-10)18-5-2/h4-6,8H2,1-3H3,(H,13,14,15,16). The molecule has 0 bridgehead atoms. The van der Waals surface area contributed by atoms with Crippen molar-refractivity contribution in [3.05, 3.63) is 0 Å². The third-order valence-corrected chi connectivity index (χ3v) is 2.26. The van der Waals surface area contributed by atoms with Gasteiger partial charge in [-0.05, 0) is 13.8 Å². The first-order chi connectivity index (χ1) is 8.74. The molecule has 18 heavy (non-hydrogen) atoms. The largest absolute Gasteiger partial charge is 0.464 e. The van der Waals surface area contributed by atoms with E-state index in [2.05, 4.69) is 26.3 Å². The highest BCUT2D eigenvalue weighted by molar-refractivity contribution is 5.38. The minimum absolute atomic E-state index is 0.294. The molecule has 0 aliphatic carbocycles. The van der Waals surface area contributed by atoms with E-state index >= 15 is 0 Å². The van der Waals surface area contributed by atoms with Gasteiger partial charge in [-0.2, -0.15) is 20.2 Å². The van der Waals surface area contributed by atoms with Crippen molar-refractivity contribution in [3.63, 3.8) is 0 Å². The van der Waals surface area contributed by atoms with Gasteiger partial charge >= 0.3 is 6.01 Å². The molecule has 0 radical (unpaired) electrons. The highest BCUT2D eigenvalue weighted by atomic mass is 16.5. The van der Waals surface area contributed by atoms with Crippen molar-refractivity contribution in [2.24, 2.45) is 0 Å². The summed E-state index contributed by atoms with van der Waals surface area (Å²) in [5, 5.41) is 11.5. The fraction of sp³-hybridized carbons (Fsp3) is 0.636. The highest BCUT2D eigenvalue weighted by Crippen LogP contribution is 2.14. The zero-order valence-corrected chi connectivity index (χ0v) is 11.0. The summed E-state index contributed by atoms with van der Waals surface area (Å²) in [5.41, 5.74) is 0. The lowest BCUT2D eigenvalue weighted by Gasteiger charge is -2.19. The van der Waals surface area contributed by atoms with Crippen LogP contribution in [0.3, 0.4) is 0 Å². The maximum atomic E-state index is 8.63. The SMILES string of the molecule is CCOc1nc(NC)nc(N(CC)CCC#N)n1. The van der Waals surface area contributed by atoms with Crippen LogP contribution in [-0.4, -0.2) is 41.7 Å². The quantitative estimate of drug-likeness (QED) is 0.773. The van der Waals surface area contributed by atoms with Gasteiger partial charge < -0.3 is 15.0 Å². The first kappa shape index (κ1) is 14.0. The monoisotopic (exact) mass is 250 g/mol. The van der Waals surface area contributed by atoms with Crippen LogP contribution in [0.1, 0.15) is 20.3 Å². The summed E-state index contributed by atoms with van der Waals surface area (Å²) in [5.74, 6) is 0.981. The third kappa shape index (κ3) is 3.73. The molecule has 0 atom stereocenters. The lowest BCUT2D eigenvalue weighted by atomic mass is 10.4. The second-order valence-corrected chi connectivity index (χ2v) is 3.41. The number of anilines is 2. The molecule has 0 saturated carbocycles. The van der Waals surface area contributed by atoms with Crippen molar-refractivity contribution >= 4 is 11.9 Å². The van der Waals surface area contributed by atoms with Gasteiger partial charge in [-0.15, -0.1) is 0 Å². The molecule has 0 aromatic carbocycles. The molecule has 0 aliphatic rings. The fourth-order valence-electron chi connectivity index (χ4n) is 1.38. The molecule has 0 saturated heterocycles. The first-order valence-corrected chi connectivity index (χ1v) is 5.93. The van der Waals surface area contributed by atoms with Gasteiger partial charge in [-0.3, -0.25) is 0 Å². The van der Waals surface area contributed by atoms with E-state index in [0.717, 1.165) is 6.54 Å². The van der Waals surface area contributed by atoms with E-state index in [4.69, 9.17) is 10.00 Å². The van der Waals surface area contributed by atoms with Gasteiger partial charge in [0.25, 0.3) is 0 Å². The van der Waals surface area contributed by atoms with Crippen molar-refractivity contribution in [3.8, 4) is 12.1 Å². The molecule has 0 unspecified atom stereocenters. The molecule has 1 aromatic heterocycles. The predicted octanol–water partition coefficient (Wildman–Crippen LogP) is 1.05. The molecule has 7 heteroatoms. The Balaban J connectivity index is 2.97. The maximum Gasteiger partial charge on any atom is 0.323 e. The van der Waals surface area contributed by atoms with Gasteiger partial charge in [0.15, 0.2) is 0 Å². The molecule has 1 heterocycles. The van der Waals surface area contributed by atoms with Crippen molar-refractivity contribution in [1.29, 1.82) is 5.26 Å². The predicted molar refractivity (Wildman–Crippen MR) is 68.7 cm³/mol. The van der Waals surface area contributed by atoms with Gasteiger partial charge in [0.2, 0.25) is 11.9 Å². The Morgan fingerprint density at radius 3 is 2.67 bits per heavy atom. The number of hydrogen-bond donors (Lipinski definition) is 1. The Hall–Kier alpha value is -2.10. The van der Waals surface area contributed by atoms with Crippen LogP contribution in [0.5, 0.6) is 6.01 Å². The van der Waals surface area contributed by atoms with Crippen LogP contribution in [0.15, 0.2) is 0 Å². The van der Waals surface area contributed by atoms with Crippen LogP contribution in [0.4, 0.5) is 11.9 Å². The number of nitriles is 1. The maximum absolute atomic E-state index is 8.63. The van der Waals surface area contributed by atoms with E-state index < -0.39 is 0 Å². The van der Waals surface area contributed by atoms with E-state index in [9.17, 15) is 0 Å². The second-order valence-electron chi connectivity index (χ2n) is 3.41. The zero-order valence-electron chi connectivity index (χ0n) is 11.0. The summed E-state index contributed by atoms with van der Waals surface area (Å²) in [6, 6.07) is 2.40.